The molecule has 536 valence electrons. The number of hydrogen-bond donors (Lipinski definition) is 19. The highest BCUT2D eigenvalue weighted by atomic mass is 16.8. The molecule has 6 amide bonds. The molecule has 0 aromatic heterocycles. The van der Waals surface area contributed by atoms with Crippen molar-refractivity contribution < 1.29 is 122 Å². The smallest absolute Gasteiger partial charge is 0.246 e. The maximum absolute atomic E-state index is 15.3. The van der Waals surface area contributed by atoms with Gasteiger partial charge in [0.15, 0.2) is 42.1 Å². The van der Waals surface area contributed by atoms with Crippen molar-refractivity contribution in [3.8, 4) is 5.75 Å². The molecule has 10 rings (SSSR count). The van der Waals surface area contributed by atoms with Crippen LogP contribution in [0.2, 0.25) is 0 Å². The van der Waals surface area contributed by atoms with Crippen LogP contribution in [0.3, 0.4) is 0 Å². The van der Waals surface area contributed by atoms with Crippen LogP contribution < -0.4 is 53.4 Å². The third kappa shape index (κ3) is 16.0. The summed E-state index contributed by atoms with van der Waals surface area (Å²) in [6.45, 7) is 3.16. The van der Waals surface area contributed by atoms with Gasteiger partial charge in [-0.2, -0.15) is 0 Å². The molecular formula is C60H86N12O25. The van der Waals surface area contributed by atoms with Gasteiger partial charge in [-0.25, -0.2) is 4.99 Å². The number of nitrogens with zero attached hydrogens (tertiary/aromatic N) is 3. The summed E-state index contributed by atoms with van der Waals surface area (Å²) in [6, 6.07) is 2.13. The van der Waals surface area contributed by atoms with E-state index in [1.165, 1.54) is 29.2 Å². The van der Waals surface area contributed by atoms with Crippen LogP contribution in [0.15, 0.2) is 64.6 Å². The lowest BCUT2D eigenvalue weighted by Crippen LogP contribution is -2.67. The summed E-state index contributed by atoms with van der Waals surface area (Å²) in [4.78, 5) is 97.6. The van der Waals surface area contributed by atoms with E-state index in [2.05, 4.69) is 47.2 Å². The Morgan fingerprint density at radius 1 is 0.608 bits per heavy atom. The molecule has 0 saturated carbocycles. The van der Waals surface area contributed by atoms with Crippen LogP contribution >= 0.6 is 0 Å². The number of nitrogens with one attached hydrogen (secondary N) is 7. The second-order valence-electron chi connectivity index (χ2n) is 25.8. The number of ether oxygens (including phenoxy) is 9. The van der Waals surface area contributed by atoms with E-state index in [4.69, 9.17) is 54.1 Å². The maximum Gasteiger partial charge on any atom is 0.246 e. The Kier molecular flexibility index (Phi) is 22.6. The zero-order valence-electron chi connectivity index (χ0n) is 53.4. The lowest BCUT2D eigenvalue weighted by atomic mass is 9.92. The molecule has 21 N–H and O–H groups in total. The van der Waals surface area contributed by atoms with Crippen molar-refractivity contribution in [2.75, 3.05) is 46.1 Å². The summed E-state index contributed by atoms with van der Waals surface area (Å²) in [7, 11) is 0. The fraction of sp³-hybridized carbons (Fsp3) is 0.667. The van der Waals surface area contributed by atoms with E-state index in [0.29, 0.717) is 11.1 Å². The molecule has 0 spiro atoms. The van der Waals surface area contributed by atoms with E-state index in [1.807, 2.05) is 0 Å². The van der Waals surface area contributed by atoms with Gasteiger partial charge in [0.25, 0.3) is 0 Å². The first-order valence-corrected chi connectivity index (χ1v) is 31.6. The Morgan fingerprint density at radius 3 is 1.85 bits per heavy atom. The van der Waals surface area contributed by atoms with Crippen molar-refractivity contribution in [3.05, 3.63) is 65.7 Å². The number of amides is 6. The zero-order chi connectivity index (χ0) is 70.1. The summed E-state index contributed by atoms with van der Waals surface area (Å²) >= 11 is 0. The van der Waals surface area contributed by atoms with Gasteiger partial charge in [0, 0.05) is 18.9 Å². The third-order valence-electron chi connectivity index (χ3n) is 18.0. The van der Waals surface area contributed by atoms with Crippen molar-refractivity contribution in [2.45, 2.75) is 205 Å². The number of nitrogens with two attached hydrogens (primary N) is 2. The van der Waals surface area contributed by atoms with Crippen LogP contribution in [-0.2, 0) is 73.1 Å². The number of aliphatic hydroxyl groups is 10. The van der Waals surface area contributed by atoms with E-state index in [1.54, 1.807) is 65.0 Å². The van der Waals surface area contributed by atoms with Gasteiger partial charge in [-0.1, -0.05) is 49.4 Å². The van der Waals surface area contributed by atoms with Crippen molar-refractivity contribution >= 4 is 47.4 Å². The van der Waals surface area contributed by atoms with E-state index < -0.39 is 245 Å². The Bertz CT molecular complexity index is 3190. The van der Waals surface area contributed by atoms with E-state index in [-0.39, 0.29) is 24.2 Å². The van der Waals surface area contributed by atoms with Gasteiger partial charge in [-0.05, 0) is 51.0 Å². The molecule has 2 aromatic rings. The topological polar surface area (TPSA) is 552 Å². The summed E-state index contributed by atoms with van der Waals surface area (Å²) in [5.74, 6) is -10.7. The van der Waals surface area contributed by atoms with Crippen LogP contribution in [-0.4, -0.2) is 308 Å². The van der Waals surface area contributed by atoms with Crippen LogP contribution in [0, 0.1) is 0 Å². The molecule has 37 heteroatoms. The lowest BCUT2D eigenvalue weighted by molar-refractivity contribution is -0.344. The minimum atomic E-state index is -2.22. The fourth-order valence-corrected chi connectivity index (χ4v) is 12.9. The number of guanidine groups is 2. The molecule has 8 heterocycles. The van der Waals surface area contributed by atoms with Crippen molar-refractivity contribution in [1.29, 1.82) is 0 Å². The van der Waals surface area contributed by atoms with Crippen molar-refractivity contribution in [1.82, 2.24) is 42.1 Å². The number of fused-ring (bicyclic) bond motifs is 2. The minimum Gasteiger partial charge on any atom is -0.462 e. The molecule has 8 aliphatic heterocycles. The number of hydrogen-bond acceptors (Lipinski definition) is 31. The standard InChI is InChI=1S/C60H86N12O25/c1-23(25-9-7-6-8-10-25)35-51(86)65-27(15-24-11-13-26(14-12-24)89-56-48-46(95-60(4,5)97-48)44(33(22-76)92-56)93-55-43(83)42(82)40(80)31(20-74)91-55)50(85)70-36(38(78)28-16-64-57(61)67-28)53(88)71-37(52(87)66-30(19-73)49(84)63-17-34(77)69-35)39(79)29-18-72(58(62)68-29)54-47-45(94-59(2,3)96-47)41(81)32(21-75)90-54/h6-14,23,27-33,35-48,54-56,73-76,78-83H,15-22H2,1-5H3,(H2,62,68)(H,63,84)(H,65,86)(H,66,87)(H,69,77)(H,70,85)(H,71,88)(H3,61,64,67). The summed E-state index contributed by atoms with van der Waals surface area (Å²) in [5.41, 5.74) is 13.3. The molecule has 37 nitrogen and oxygen atoms in total. The second-order valence-corrected chi connectivity index (χ2v) is 25.8. The van der Waals surface area contributed by atoms with Gasteiger partial charge < -0.3 is 147 Å². The first-order chi connectivity index (χ1) is 46.0. The van der Waals surface area contributed by atoms with Gasteiger partial charge >= 0.3 is 0 Å². The number of aliphatic hydroxyl groups excluding tert-OH is 10. The molecule has 25 atom stereocenters. The molecule has 0 radical (unpaired) electrons. The monoisotopic (exact) mass is 1370 g/mol. The summed E-state index contributed by atoms with van der Waals surface area (Å²) in [5, 5.41) is 126. The van der Waals surface area contributed by atoms with Crippen LogP contribution in [0.5, 0.6) is 5.75 Å². The van der Waals surface area contributed by atoms with Crippen LogP contribution in [0.1, 0.15) is 51.7 Å². The molecule has 2 aromatic carbocycles. The van der Waals surface area contributed by atoms with Crippen LogP contribution in [0.25, 0.3) is 0 Å². The quantitative estimate of drug-likeness (QED) is 0.0699. The molecule has 0 bridgehead atoms. The minimum absolute atomic E-state index is 0.110. The highest BCUT2D eigenvalue weighted by Gasteiger charge is 2.60. The van der Waals surface area contributed by atoms with Gasteiger partial charge in [-0.3, -0.25) is 33.8 Å². The average Bonchev–Trinajstić information content (AvgIpc) is 1.63. The fourth-order valence-electron chi connectivity index (χ4n) is 12.9. The maximum atomic E-state index is 15.3. The predicted octanol–water partition coefficient (Wildman–Crippen LogP) is -10.0. The van der Waals surface area contributed by atoms with E-state index >= 15 is 9.59 Å². The van der Waals surface area contributed by atoms with Crippen LogP contribution in [0.4, 0.5) is 0 Å². The first-order valence-electron chi connectivity index (χ1n) is 31.6. The normalized spacial score (nSPS) is 38.2. The van der Waals surface area contributed by atoms with Gasteiger partial charge in [0.1, 0.15) is 115 Å². The average molecular weight is 1380 g/mol. The predicted molar refractivity (Wildman–Crippen MR) is 327 cm³/mol. The third-order valence-corrected chi connectivity index (χ3v) is 18.0. The molecule has 97 heavy (non-hydrogen) atoms. The molecule has 6 saturated heterocycles. The Hall–Kier alpha value is -7.12. The highest BCUT2D eigenvalue weighted by Crippen LogP contribution is 2.42. The summed E-state index contributed by atoms with van der Waals surface area (Å²) in [6.07, 6.45) is -25.0. The molecule has 8 aliphatic rings. The second kappa shape index (κ2) is 30.2. The number of rotatable bonds is 17. The number of aliphatic imine (C=N–C) groups is 2. The lowest BCUT2D eigenvalue weighted by Gasteiger charge is -2.45. The highest BCUT2D eigenvalue weighted by molar-refractivity contribution is 5.98. The number of benzene rings is 2. The molecule has 0 aliphatic carbocycles. The summed E-state index contributed by atoms with van der Waals surface area (Å²) < 4.78 is 54.7. The molecule has 25 unspecified atom stereocenters. The van der Waals surface area contributed by atoms with Gasteiger partial charge in [0.05, 0.1) is 51.6 Å². The Balaban J connectivity index is 0.945. The van der Waals surface area contributed by atoms with Gasteiger partial charge in [0.2, 0.25) is 41.7 Å². The SMILES string of the molecule is CC(c1ccccc1)C1NC(=O)CNC(=O)C(CO)NC(=O)C(C(O)C2CN(C3OC(CO)C(O)C4OC(C)(C)OC43)C(N)=N2)NC(=O)C(C(O)C2CN=C(N)N2)NC(=O)C(Cc2ccc(OC3OC(CO)C(OC4OC(CO)C(O)C(O)C4O)C4OC(C)(C)OC34)cc2)NC1=O. The first kappa shape index (κ1) is 72.6. The van der Waals surface area contributed by atoms with Gasteiger partial charge in [-0.15, -0.1) is 0 Å². The Labute approximate surface area is 554 Å². The van der Waals surface area contributed by atoms with E-state index in [9.17, 15) is 70.2 Å². The molecular weight excluding hydrogens is 1290 g/mol. The largest absolute Gasteiger partial charge is 0.462 e. The van der Waals surface area contributed by atoms with Crippen molar-refractivity contribution in [3.63, 3.8) is 0 Å². The Morgan fingerprint density at radius 2 is 1.20 bits per heavy atom. The van der Waals surface area contributed by atoms with Crippen molar-refractivity contribution in [2.24, 2.45) is 21.5 Å². The van der Waals surface area contributed by atoms with E-state index in [0.717, 1.165) is 0 Å². The molecule has 6 fully saturated rings. The number of carbonyl (C=O) groups is 6. The zero-order valence-corrected chi connectivity index (χ0v) is 53.4. The number of carbonyl (C=O) groups excluding carboxylic acids is 6.